The minimum Gasteiger partial charge on any atom is -0.260 e. The van der Waals surface area contributed by atoms with Crippen molar-refractivity contribution in [2.24, 2.45) is 10.2 Å². The fourth-order valence-electron chi connectivity index (χ4n) is 1.79. The highest BCUT2D eigenvalue weighted by Gasteiger charge is 2.32. The molecule has 0 unspecified atom stereocenters. The number of pyridine rings is 2. The van der Waals surface area contributed by atoms with Gasteiger partial charge in [-0.2, -0.15) is 36.5 Å². The highest BCUT2D eigenvalue weighted by Crippen LogP contribution is 2.33. The van der Waals surface area contributed by atoms with E-state index in [-0.39, 0.29) is 33.1 Å². The van der Waals surface area contributed by atoms with Crippen molar-refractivity contribution >= 4 is 46.3 Å². The van der Waals surface area contributed by atoms with E-state index in [9.17, 15) is 26.3 Å². The first-order valence-electron chi connectivity index (χ1n) is 7.85. The first-order valence-corrected chi connectivity index (χ1v) is 8.61. The first-order chi connectivity index (χ1) is 13.8. The molecule has 0 atom stereocenters. The Kier molecular flexibility index (Phi) is 7.14. The first kappa shape index (κ1) is 23.7. The lowest BCUT2D eigenvalue weighted by molar-refractivity contribution is -0.138. The van der Waals surface area contributed by atoms with E-state index in [1.165, 1.54) is 13.8 Å². The summed E-state index contributed by atoms with van der Waals surface area (Å²) in [6, 6.07) is 1.39. The molecule has 162 valence electrons. The van der Waals surface area contributed by atoms with Crippen molar-refractivity contribution in [1.82, 2.24) is 9.97 Å². The maximum Gasteiger partial charge on any atom is 0.417 e. The van der Waals surface area contributed by atoms with Crippen LogP contribution in [0.5, 0.6) is 0 Å². The van der Waals surface area contributed by atoms with Crippen LogP contribution in [0.15, 0.2) is 34.7 Å². The van der Waals surface area contributed by atoms with Gasteiger partial charge in [-0.1, -0.05) is 23.2 Å². The summed E-state index contributed by atoms with van der Waals surface area (Å²) in [6.45, 7) is 3.01. The summed E-state index contributed by atoms with van der Waals surface area (Å²) in [7, 11) is 0. The molecular formula is C16H12Cl2F6N6. The molecule has 30 heavy (non-hydrogen) atoms. The third-order valence-corrected chi connectivity index (χ3v) is 4.10. The molecule has 0 radical (unpaired) electrons. The average molecular weight is 473 g/mol. The molecule has 0 amide bonds. The number of alkyl halides is 6. The Labute approximate surface area is 176 Å². The second-order valence-electron chi connectivity index (χ2n) is 5.72. The number of hydrazone groups is 2. The average Bonchev–Trinajstić information content (AvgIpc) is 2.63. The van der Waals surface area contributed by atoms with Crippen LogP contribution < -0.4 is 10.9 Å². The molecule has 0 saturated carbocycles. The van der Waals surface area contributed by atoms with Gasteiger partial charge in [-0.25, -0.2) is 9.97 Å². The molecule has 2 aromatic heterocycles. The molecule has 0 saturated heterocycles. The van der Waals surface area contributed by atoms with Gasteiger partial charge in [-0.05, 0) is 26.0 Å². The van der Waals surface area contributed by atoms with E-state index < -0.39 is 23.5 Å². The number of nitrogens with one attached hydrogen (secondary N) is 2. The standard InChI is InChI=1S/C16H12Cl2F6N6/c1-7(27-29-13-11(17)3-9(5-25-13)15(19,20)21)8(2)28-30-14-12(18)4-10(6-26-14)16(22,23)24/h3-6H,1-2H3,(H,25,29)(H,26,30)/b27-7-,28-8+. The maximum absolute atomic E-state index is 12.6. The Morgan fingerprint density at radius 1 is 0.767 bits per heavy atom. The predicted molar refractivity (Wildman–Crippen MR) is 102 cm³/mol. The second kappa shape index (κ2) is 9.04. The topological polar surface area (TPSA) is 74.6 Å². The van der Waals surface area contributed by atoms with Crippen molar-refractivity contribution in [2.75, 3.05) is 10.9 Å². The predicted octanol–water partition coefficient (Wildman–Crippen LogP) is 6.10. The zero-order chi connectivity index (χ0) is 22.7. The second-order valence-corrected chi connectivity index (χ2v) is 6.54. The van der Waals surface area contributed by atoms with Crippen LogP contribution in [0.2, 0.25) is 10.0 Å². The third-order valence-electron chi connectivity index (χ3n) is 3.52. The molecule has 2 heterocycles. The van der Waals surface area contributed by atoms with E-state index in [0.29, 0.717) is 24.5 Å². The summed E-state index contributed by atoms with van der Waals surface area (Å²) in [5.74, 6) is -0.227. The number of halogens is 8. The Morgan fingerprint density at radius 3 is 1.37 bits per heavy atom. The Hall–Kier alpha value is -2.60. The number of rotatable bonds is 5. The molecule has 0 aromatic carbocycles. The number of nitrogens with zero attached hydrogens (tertiary/aromatic N) is 4. The summed E-state index contributed by atoms with van der Waals surface area (Å²) >= 11 is 11.5. The Morgan fingerprint density at radius 2 is 1.10 bits per heavy atom. The van der Waals surface area contributed by atoms with Crippen molar-refractivity contribution in [1.29, 1.82) is 0 Å². The van der Waals surface area contributed by atoms with Crippen molar-refractivity contribution in [3.63, 3.8) is 0 Å². The normalized spacial score (nSPS) is 13.4. The van der Waals surface area contributed by atoms with Crippen molar-refractivity contribution in [3.05, 3.63) is 45.7 Å². The molecule has 0 aliphatic heterocycles. The zero-order valence-electron chi connectivity index (χ0n) is 15.1. The fraction of sp³-hybridized carbons (Fsp3) is 0.250. The summed E-state index contributed by atoms with van der Waals surface area (Å²) in [5.41, 5.74) is 3.33. The minimum atomic E-state index is -4.59. The van der Waals surface area contributed by atoms with Gasteiger partial charge in [0.2, 0.25) is 0 Å². The Balaban J connectivity index is 2.09. The van der Waals surface area contributed by atoms with E-state index in [0.717, 1.165) is 0 Å². The van der Waals surface area contributed by atoms with Crippen molar-refractivity contribution in [2.45, 2.75) is 26.2 Å². The summed E-state index contributed by atoms with van der Waals surface area (Å²) in [4.78, 5) is 7.13. The molecule has 0 spiro atoms. The van der Waals surface area contributed by atoms with Gasteiger partial charge in [0.15, 0.2) is 11.6 Å². The third kappa shape index (κ3) is 6.20. The highest BCUT2D eigenvalue weighted by molar-refractivity contribution is 6.41. The van der Waals surface area contributed by atoms with E-state index in [4.69, 9.17) is 23.2 Å². The molecule has 0 bridgehead atoms. The van der Waals surface area contributed by atoms with Gasteiger partial charge >= 0.3 is 12.4 Å². The van der Waals surface area contributed by atoms with E-state index in [1.807, 2.05) is 0 Å². The van der Waals surface area contributed by atoms with Crippen LogP contribution in [0.4, 0.5) is 38.0 Å². The molecule has 2 rings (SSSR count). The number of anilines is 2. The fourth-order valence-corrected chi connectivity index (χ4v) is 2.20. The zero-order valence-corrected chi connectivity index (χ0v) is 16.6. The quantitative estimate of drug-likeness (QED) is 0.313. The van der Waals surface area contributed by atoms with Gasteiger partial charge in [0.05, 0.1) is 32.6 Å². The molecule has 6 nitrogen and oxygen atoms in total. The SMILES string of the molecule is CC(=N/Nc1ncc(C(F)(F)F)cc1Cl)/C(C)=N/Nc1ncc(C(F)(F)F)cc1Cl. The van der Waals surface area contributed by atoms with Gasteiger partial charge in [0.1, 0.15) is 0 Å². The van der Waals surface area contributed by atoms with Crippen LogP contribution in [-0.2, 0) is 12.4 Å². The van der Waals surface area contributed by atoms with Crippen molar-refractivity contribution in [3.8, 4) is 0 Å². The number of hydrogen-bond donors (Lipinski definition) is 2. The van der Waals surface area contributed by atoms with Crippen LogP contribution in [-0.4, -0.2) is 21.4 Å². The van der Waals surface area contributed by atoms with Crippen LogP contribution in [0, 0.1) is 0 Å². The summed E-state index contributed by atoms with van der Waals surface area (Å²) < 4.78 is 75.7. The van der Waals surface area contributed by atoms with Gasteiger partial charge in [-0.15, -0.1) is 0 Å². The van der Waals surface area contributed by atoms with E-state index in [2.05, 4.69) is 31.0 Å². The molecule has 0 fully saturated rings. The summed E-state index contributed by atoms with van der Waals surface area (Å²) in [6.07, 6.45) is -7.98. The molecule has 0 aliphatic carbocycles. The molecule has 2 N–H and O–H groups in total. The molecule has 2 aromatic rings. The summed E-state index contributed by atoms with van der Waals surface area (Å²) in [5, 5.41) is 7.19. The van der Waals surface area contributed by atoms with Gasteiger partial charge in [0, 0.05) is 12.4 Å². The van der Waals surface area contributed by atoms with E-state index >= 15 is 0 Å². The number of hydrogen-bond acceptors (Lipinski definition) is 6. The van der Waals surface area contributed by atoms with Gasteiger partial charge in [0.25, 0.3) is 0 Å². The smallest absolute Gasteiger partial charge is 0.260 e. The van der Waals surface area contributed by atoms with Gasteiger partial charge < -0.3 is 0 Å². The van der Waals surface area contributed by atoms with Crippen LogP contribution in [0.3, 0.4) is 0 Å². The molecule has 0 aliphatic rings. The monoisotopic (exact) mass is 472 g/mol. The van der Waals surface area contributed by atoms with Crippen LogP contribution in [0.1, 0.15) is 25.0 Å². The van der Waals surface area contributed by atoms with Crippen LogP contribution in [0.25, 0.3) is 0 Å². The lowest BCUT2D eigenvalue weighted by Crippen LogP contribution is -2.12. The lowest BCUT2D eigenvalue weighted by Gasteiger charge is -2.10. The van der Waals surface area contributed by atoms with Crippen molar-refractivity contribution < 1.29 is 26.3 Å². The Bertz CT molecular complexity index is 908. The van der Waals surface area contributed by atoms with Crippen LogP contribution >= 0.6 is 23.2 Å². The highest BCUT2D eigenvalue weighted by atomic mass is 35.5. The largest absolute Gasteiger partial charge is 0.417 e. The number of aromatic nitrogens is 2. The maximum atomic E-state index is 12.6. The minimum absolute atomic E-state index is 0.114. The lowest BCUT2D eigenvalue weighted by atomic mass is 10.3. The van der Waals surface area contributed by atoms with E-state index in [1.54, 1.807) is 0 Å². The molecule has 14 heteroatoms. The molecular weight excluding hydrogens is 461 g/mol. The van der Waals surface area contributed by atoms with Gasteiger partial charge in [-0.3, -0.25) is 10.9 Å².